The lowest BCUT2D eigenvalue weighted by Gasteiger charge is -2.26. The molecule has 1 heterocycles. The van der Waals surface area contributed by atoms with Crippen LogP contribution < -0.4 is 0 Å². The van der Waals surface area contributed by atoms with Crippen LogP contribution >= 0.6 is 11.8 Å². The predicted molar refractivity (Wildman–Crippen MR) is 60.3 cm³/mol. The normalized spacial score (nSPS) is 22.4. The Hall–Kier alpha value is -0.770. The molecule has 1 saturated heterocycles. The Kier molecular flexibility index (Phi) is 3.97. The van der Waals surface area contributed by atoms with E-state index in [1.807, 2.05) is 20.8 Å². The Morgan fingerprint density at radius 1 is 1.60 bits per heavy atom. The number of nitrogens with zero attached hydrogens (tertiary/aromatic N) is 2. The van der Waals surface area contributed by atoms with Crippen molar-refractivity contribution in [1.29, 1.82) is 0 Å². The van der Waals surface area contributed by atoms with Gasteiger partial charge in [-0.15, -0.1) is 0 Å². The molecule has 1 atom stereocenters. The smallest absolute Gasteiger partial charge is 0.410 e. The summed E-state index contributed by atoms with van der Waals surface area (Å²) in [5.74, 6) is 0. The van der Waals surface area contributed by atoms with Gasteiger partial charge in [-0.2, -0.15) is 4.51 Å². The highest BCUT2D eigenvalue weighted by Gasteiger charge is 2.30. The second kappa shape index (κ2) is 4.84. The lowest BCUT2D eigenvalue weighted by Crippen LogP contribution is -2.40. The van der Waals surface area contributed by atoms with Crippen LogP contribution in [0, 0.1) is 0 Å². The number of hydrogen-bond acceptors (Lipinski definition) is 3. The van der Waals surface area contributed by atoms with E-state index in [4.69, 9.17) is 16.5 Å². The van der Waals surface area contributed by atoms with E-state index in [0.717, 1.165) is 12.8 Å². The highest BCUT2D eigenvalue weighted by molar-refractivity contribution is 6.17. The fourth-order valence-corrected chi connectivity index (χ4v) is 1.69. The number of halogens is 1. The molecule has 1 aliphatic heterocycles. The van der Waals surface area contributed by atoms with Crippen molar-refractivity contribution >= 4 is 24.1 Å². The van der Waals surface area contributed by atoms with E-state index in [0.29, 0.717) is 6.54 Å². The molecule has 0 saturated carbocycles. The Morgan fingerprint density at radius 2 is 2.27 bits per heavy atom. The van der Waals surface area contributed by atoms with Gasteiger partial charge in [-0.1, -0.05) is 0 Å². The van der Waals surface area contributed by atoms with E-state index in [9.17, 15) is 4.79 Å². The van der Waals surface area contributed by atoms with Gasteiger partial charge in [-0.3, -0.25) is 0 Å². The van der Waals surface area contributed by atoms with Gasteiger partial charge in [0, 0.05) is 24.5 Å². The molecule has 1 fully saturated rings. The van der Waals surface area contributed by atoms with E-state index in [1.54, 1.807) is 11.1 Å². The molecular weight excluding hydrogens is 216 g/mol. The van der Waals surface area contributed by atoms with Crippen molar-refractivity contribution in [3.63, 3.8) is 0 Å². The fourth-order valence-electron chi connectivity index (χ4n) is 1.56. The first-order valence-electron chi connectivity index (χ1n) is 5.08. The molecule has 0 bridgehead atoms. The van der Waals surface area contributed by atoms with Crippen LogP contribution in [0.25, 0.3) is 0 Å². The minimum Gasteiger partial charge on any atom is -0.444 e. The third kappa shape index (κ3) is 3.70. The van der Waals surface area contributed by atoms with Crippen LogP contribution in [0.15, 0.2) is 4.51 Å². The molecule has 0 spiro atoms. The predicted octanol–water partition coefficient (Wildman–Crippen LogP) is 2.61. The molecule has 0 aliphatic carbocycles. The van der Waals surface area contributed by atoms with Gasteiger partial charge in [0.05, 0.1) is 6.04 Å². The zero-order chi connectivity index (χ0) is 11.5. The van der Waals surface area contributed by atoms with Crippen molar-refractivity contribution in [2.75, 3.05) is 6.54 Å². The van der Waals surface area contributed by atoms with E-state index in [2.05, 4.69) is 4.51 Å². The molecule has 1 unspecified atom stereocenters. The SMILES string of the molecule is CC(C)(C)OC(=O)N1CCCC1C=NCl. The molecule has 1 amide bonds. The quantitative estimate of drug-likeness (QED) is 0.653. The zero-order valence-electron chi connectivity index (χ0n) is 9.36. The molecule has 15 heavy (non-hydrogen) atoms. The maximum Gasteiger partial charge on any atom is 0.410 e. The molecular formula is C10H17ClN2O2. The van der Waals surface area contributed by atoms with Crippen molar-refractivity contribution in [2.24, 2.45) is 4.51 Å². The van der Waals surface area contributed by atoms with Crippen molar-refractivity contribution in [1.82, 2.24) is 4.90 Å². The number of carbonyl (C=O) groups excluding carboxylic acids is 1. The lowest BCUT2D eigenvalue weighted by atomic mass is 10.2. The minimum absolute atomic E-state index is 0.0163. The van der Waals surface area contributed by atoms with E-state index in [-0.39, 0.29) is 12.1 Å². The summed E-state index contributed by atoms with van der Waals surface area (Å²) < 4.78 is 8.73. The van der Waals surface area contributed by atoms with Gasteiger partial charge in [0.2, 0.25) is 0 Å². The van der Waals surface area contributed by atoms with Crippen LogP contribution in [-0.4, -0.2) is 35.4 Å². The van der Waals surface area contributed by atoms with Crippen LogP contribution in [0.3, 0.4) is 0 Å². The monoisotopic (exact) mass is 232 g/mol. The summed E-state index contributed by atoms with van der Waals surface area (Å²) >= 11 is 5.28. The number of rotatable bonds is 1. The second-order valence-electron chi connectivity index (χ2n) is 4.63. The summed E-state index contributed by atoms with van der Waals surface area (Å²) in [5.41, 5.74) is -0.456. The van der Waals surface area contributed by atoms with E-state index < -0.39 is 5.60 Å². The van der Waals surface area contributed by atoms with Gasteiger partial charge in [0.1, 0.15) is 5.60 Å². The molecule has 5 heteroatoms. The second-order valence-corrected chi connectivity index (χ2v) is 4.83. The summed E-state index contributed by atoms with van der Waals surface area (Å²) in [6.45, 7) is 6.27. The van der Waals surface area contributed by atoms with Gasteiger partial charge < -0.3 is 9.64 Å². The van der Waals surface area contributed by atoms with Crippen molar-refractivity contribution < 1.29 is 9.53 Å². The van der Waals surface area contributed by atoms with Gasteiger partial charge in [-0.05, 0) is 33.6 Å². The molecule has 4 nitrogen and oxygen atoms in total. The van der Waals surface area contributed by atoms with Crippen molar-refractivity contribution in [3.05, 3.63) is 0 Å². The summed E-state index contributed by atoms with van der Waals surface area (Å²) in [5, 5.41) is 0. The maximum atomic E-state index is 11.7. The first kappa shape index (κ1) is 12.3. The lowest BCUT2D eigenvalue weighted by molar-refractivity contribution is 0.0268. The topological polar surface area (TPSA) is 41.9 Å². The van der Waals surface area contributed by atoms with Gasteiger partial charge in [-0.25, -0.2) is 4.79 Å². The summed E-state index contributed by atoms with van der Waals surface area (Å²) in [7, 11) is 0. The fraction of sp³-hybridized carbons (Fsp3) is 0.800. The first-order chi connectivity index (χ1) is 6.94. The summed E-state index contributed by atoms with van der Waals surface area (Å²) in [6.07, 6.45) is 3.15. The number of likely N-dealkylation sites (tertiary alicyclic amines) is 1. The largest absolute Gasteiger partial charge is 0.444 e. The molecule has 1 rings (SSSR count). The van der Waals surface area contributed by atoms with Crippen LogP contribution in [0.1, 0.15) is 33.6 Å². The number of ether oxygens (including phenoxy) is 1. The van der Waals surface area contributed by atoms with Crippen molar-refractivity contribution in [2.45, 2.75) is 45.3 Å². The Morgan fingerprint density at radius 3 is 2.80 bits per heavy atom. The molecule has 86 valence electrons. The van der Waals surface area contributed by atoms with Gasteiger partial charge >= 0.3 is 6.09 Å². The third-order valence-electron chi connectivity index (χ3n) is 2.16. The number of amides is 1. The van der Waals surface area contributed by atoms with Gasteiger partial charge in [0.25, 0.3) is 0 Å². The highest BCUT2D eigenvalue weighted by Crippen LogP contribution is 2.19. The zero-order valence-corrected chi connectivity index (χ0v) is 10.1. The molecule has 0 aromatic rings. The Bertz CT molecular complexity index is 261. The summed E-state index contributed by atoms with van der Waals surface area (Å²) in [6, 6.07) is -0.0163. The minimum atomic E-state index is -0.456. The van der Waals surface area contributed by atoms with Crippen LogP contribution in [0.4, 0.5) is 4.79 Å². The Balaban J connectivity index is 2.59. The van der Waals surface area contributed by atoms with Crippen molar-refractivity contribution in [3.8, 4) is 0 Å². The van der Waals surface area contributed by atoms with E-state index >= 15 is 0 Å². The average molecular weight is 233 g/mol. The van der Waals surface area contributed by atoms with E-state index in [1.165, 1.54) is 0 Å². The average Bonchev–Trinajstić information content (AvgIpc) is 2.49. The number of carbonyl (C=O) groups is 1. The van der Waals surface area contributed by atoms with Crippen LogP contribution in [0.5, 0.6) is 0 Å². The summed E-state index contributed by atoms with van der Waals surface area (Å²) in [4.78, 5) is 13.4. The molecule has 1 aliphatic rings. The van der Waals surface area contributed by atoms with Gasteiger partial charge in [0.15, 0.2) is 0 Å². The molecule has 0 aromatic carbocycles. The molecule has 0 aromatic heterocycles. The molecule has 0 N–H and O–H groups in total. The van der Waals surface area contributed by atoms with Crippen LogP contribution in [0.2, 0.25) is 0 Å². The van der Waals surface area contributed by atoms with Crippen LogP contribution in [-0.2, 0) is 4.74 Å². The first-order valence-corrected chi connectivity index (χ1v) is 5.42. The Labute approximate surface area is 95.4 Å². The highest BCUT2D eigenvalue weighted by atomic mass is 35.5. The standard InChI is InChI=1S/C10H17ClN2O2/c1-10(2,3)15-9(14)13-6-4-5-8(13)7-12-11/h7-8H,4-6H2,1-3H3. The third-order valence-corrected chi connectivity index (χ3v) is 2.27. The number of hydrogen-bond donors (Lipinski definition) is 0. The maximum absolute atomic E-state index is 11.7. The molecule has 0 radical (unpaired) electrons.